The van der Waals surface area contributed by atoms with E-state index in [1.807, 2.05) is 0 Å². The van der Waals surface area contributed by atoms with Crippen LogP contribution in [0, 0.1) is 17.8 Å². The Morgan fingerprint density at radius 1 is 1.14 bits per heavy atom. The van der Waals surface area contributed by atoms with Gasteiger partial charge in [-0.3, -0.25) is 9.69 Å². The van der Waals surface area contributed by atoms with Gasteiger partial charge in [-0.1, -0.05) is 38.1 Å². The third-order valence-corrected chi connectivity index (χ3v) is 5.22. The summed E-state index contributed by atoms with van der Waals surface area (Å²) in [4.78, 5) is 14.4. The van der Waals surface area contributed by atoms with Gasteiger partial charge in [-0.05, 0) is 55.3 Å². The SMILES string of the molecule is CC1CCN(Cc2ccc(CNC(=O)C3CC3C)cc2)CC1. The molecular weight excluding hydrogens is 272 g/mol. The molecule has 1 aliphatic carbocycles. The summed E-state index contributed by atoms with van der Waals surface area (Å²) in [5.74, 6) is 1.95. The number of nitrogens with zero attached hydrogens (tertiary/aromatic N) is 1. The molecular formula is C19H28N2O. The van der Waals surface area contributed by atoms with Crippen LogP contribution in [0.25, 0.3) is 0 Å². The first kappa shape index (κ1) is 15.5. The molecule has 0 bridgehead atoms. The summed E-state index contributed by atoms with van der Waals surface area (Å²) in [5.41, 5.74) is 2.57. The summed E-state index contributed by atoms with van der Waals surface area (Å²) < 4.78 is 0. The van der Waals surface area contributed by atoms with Crippen LogP contribution in [0.4, 0.5) is 0 Å². The first-order valence-electron chi connectivity index (χ1n) is 8.69. The third kappa shape index (κ3) is 4.10. The predicted molar refractivity (Wildman–Crippen MR) is 89.2 cm³/mol. The molecule has 0 radical (unpaired) electrons. The Morgan fingerprint density at radius 3 is 2.32 bits per heavy atom. The first-order chi connectivity index (χ1) is 10.6. The second-order valence-corrected chi connectivity index (χ2v) is 7.31. The normalized spacial score (nSPS) is 25.9. The average molecular weight is 300 g/mol. The van der Waals surface area contributed by atoms with Crippen LogP contribution in [0.3, 0.4) is 0 Å². The zero-order valence-corrected chi connectivity index (χ0v) is 13.8. The molecule has 2 aliphatic rings. The molecule has 1 aromatic carbocycles. The molecule has 120 valence electrons. The van der Waals surface area contributed by atoms with Crippen molar-refractivity contribution in [2.45, 2.75) is 46.2 Å². The molecule has 1 aliphatic heterocycles. The van der Waals surface area contributed by atoms with Crippen molar-refractivity contribution >= 4 is 5.91 Å². The second kappa shape index (κ2) is 6.82. The molecule has 2 unspecified atom stereocenters. The summed E-state index contributed by atoms with van der Waals surface area (Å²) in [6.45, 7) is 8.64. The number of benzene rings is 1. The molecule has 3 heteroatoms. The summed E-state index contributed by atoms with van der Waals surface area (Å²) >= 11 is 0. The zero-order valence-electron chi connectivity index (χ0n) is 13.8. The number of rotatable bonds is 5. The van der Waals surface area contributed by atoms with E-state index < -0.39 is 0 Å². The lowest BCUT2D eigenvalue weighted by Crippen LogP contribution is -2.32. The van der Waals surface area contributed by atoms with E-state index in [0.29, 0.717) is 12.5 Å². The lowest BCUT2D eigenvalue weighted by Gasteiger charge is -2.30. The highest BCUT2D eigenvalue weighted by Gasteiger charge is 2.38. The minimum Gasteiger partial charge on any atom is -0.352 e. The summed E-state index contributed by atoms with van der Waals surface area (Å²) in [6.07, 6.45) is 3.70. The molecule has 1 amide bonds. The maximum atomic E-state index is 11.8. The Bertz CT molecular complexity index is 503. The van der Waals surface area contributed by atoms with Crippen molar-refractivity contribution in [3.63, 3.8) is 0 Å². The van der Waals surface area contributed by atoms with Crippen LogP contribution < -0.4 is 5.32 Å². The van der Waals surface area contributed by atoms with E-state index in [1.165, 1.54) is 37.1 Å². The van der Waals surface area contributed by atoms with Crippen LogP contribution in [-0.4, -0.2) is 23.9 Å². The molecule has 3 nitrogen and oxygen atoms in total. The summed E-state index contributed by atoms with van der Waals surface area (Å²) in [6, 6.07) is 8.72. The van der Waals surface area contributed by atoms with Gasteiger partial charge < -0.3 is 5.32 Å². The maximum Gasteiger partial charge on any atom is 0.223 e. The molecule has 2 atom stereocenters. The average Bonchev–Trinajstić information content (AvgIpc) is 3.26. The molecule has 0 aromatic heterocycles. The monoisotopic (exact) mass is 300 g/mol. The quantitative estimate of drug-likeness (QED) is 0.906. The number of hydrogen-bond acceptors (Lipinski definition) is 2. The van der Waals surface area contributed by atoms with Gasteiger partial charge in [0.25, 0.3) is 0 Å². The van der Waals surface area contributed by atoms with Crippen molar-refractivity contribution in [2.24, 2.45) is 17.8 Å². The van der Waals surface area contributed by atoms with Crippen LogP contribution >= 0.6 is 0 Å². The van der Waals surface area contributed by atoms with Gasteiger partial charge in [0.2, 0.25) is 5.91 Å². The van der Waals surface area contributed by atoms with Crippen LogP contribution in [0.1, 0.15) is 44.2 Å². The van der Waals surface area contributed by atoms with E-state index in [1.54, 1.807) is 0 Å². The van der Waals surface area contributed by atoms with Crippen molar-refractivity contribution < 1.29 is 4.79 Å². The molecule has 1 heterocycles. The lowest BCUT2D eigenvalue weighted by molar-refractivity contribution is -0.122. The van der Waals surface area contributed by atoms with Crippen LogP contribution in [0.5, 0.6) is 0 Å². The van der Waals surface area contributed by atoms with Crippen molar-refractivity contribution in [3.8, 4) is 0 Å². The molecule has 0 spiro atoms. The van der Waals surface area contributed by atoms with E-state index in [-0.39, 0.29) is 11.8 Å². The maximum absolute atomic E-state index is 11.8. The van der Waals surface area contributed by atoms with E-state index in [4.69, 9.17) is 0 Å². The van der Waals surface area contributed by atoms with Gasteiger partial charge in [0.15, 0.2) is 0 Å². The fraction of sp³-hybridized carbons (Fsp3) is 0.632. The highest BCUT2D eigenvalue weighted by Crippen LogP contribution is 2.37. The number of hydrogen-bond donors (Lipinski definition) is 1. The van der Waals surface area contributed by atoms with Crippen molar-refractivity contribution in [3.05, 3.63) is 35.4 Å². The topological polar surface area (TPSA) is 32.3 Å². The van der Waals surface area contributed by atoms with E-state index in [2.05, 4.69) is 48.3 Å². The zero-order chi connectivity index (χ0) is 15.5. The summed E-state index contributed by atoms with van der Waals surface area (Å²) in [5, 5.41) is 3.05. The van der Waals surface area contributed by atoms with E-state index in [9.17, 15) is 4.79 Å². The smallest absolute Gasteiger partial charge is 0.223 e. The Morgan fingerprint density at radius 2 is 1.73 bits per heavy atom. The second-order valence-electron chi connectivity index (χ2n) is 7.31. The molecule has 3 rings (SSSR count). The fourth-order valence-electron chi connectivity index (χ4n) is 3.25. The molecule has 1 saturated carbocycles. The Hall–Kier alpha value is -1.35. The number of nitrogens with one attached hydrogen (secondary N) is 1. The van der Waals surface area contributed by atoms with Gasteiger partial charge in [-0.15, -0.1) is 0 Å². The van der Waals surface area contributed by atoms with Gasteiger partial charge in [0.1, 0.15) is 0 Å². The number of likely N-dealkylation sites (tertiary alicyclic amines) is 1. The van der Waals surface area contributed by atoms with Gasteiger partial charge in [0, 0.05) is 19.0 Å². The number of amides is 1. The minimum atomic E-state index is 0.221. The van der Waals surface area contributed by atoms with Gasteiger partial charge in [-0.25, -0.2) is 0 Å². The third-order valence-electron chi connectivity index (χ3n) is 5.22. The molecule has 1 aromatic rings. The number of carbonyl (C=O) groups excluding carboxylic acids is 1. The van der Waals surface area contributed by atoms with Crippen LogP contribution in [-0.2, 0) is 17.9 Å². The molecule has 1 saturated heterocycles. The van der Waals surface area contributed by atoms with E-state index >= 15 is 0 Å². The standard InChI is InChI=1S/C19H28N2O/c1-14-7-9-21(10-8-14)13-17-5-3-16(4-6-17)12-20-19(22)18-11-15(18)2/h3-6,14-15,18H,7-13H2,1-2H3,(H,20,22). The van der Waals surface area contributed by atoms with Crippen molar-refractivity contribution in [1.29, 1.82) is 0 Å². The number of carbonyl (C=O) groups is 1. The highest BCUT2D eigenvalue weighted by molar-refractivity contribution is 5.81. The fourth-order valence-corrected chi connectivity index (χ4v) is 3.25. The Labute approximate surface area is 134 Å². The van der Waals surface area contributed by atoms with Crippen molar-refractivity contribution in [1.82, 2.24) is 10.2 Å². The minimum absolute atomic E-state index is 0.221. The van der Waals surface area contributed by atoms with Gasteiger partial charge in [0.05, 0.1) is 0 Å². The first-order valence-corrected chi connectivity index (χ1v) is 8.69. The van der Waals surface area contributed by atoms with Gasteiger partial charge >= 0.3 is 0 Å². The van der Waals surface area contributed by atoms with Gasteiger partial charge in [-0.2, -0.15) is 0 Å². The highest BCUT2D eigenvalue weighted by atomic mass is 16.2. The van der Waals surface area contributed by atoms with Crippen LogP contribution in [0.15, 0.2) is 24.3 Å². The molecule has 22 heavy (non-hydrogen) atoms. The van der Waals surface area contributed by atoms with Crippen molar-refractivity contribution in [2.75, 3.05) is 13.1 Å². The van der Waals surface area contributed by atoms with Crippen LogP contribution in [0.2, 0.25) is 0 Å². The molecule has 2 fully saturated rings. The number of piperidine rings is 1. The predicted octanol–water partition coefficient (Wildman–Crippen LogP) is 3.19. The Balaban J connectivity index is 1.44. The lowest BCUT2D eigenvalue weighted by atomic mass is 9.99. The van der Waals surface area contributed by atoms with E-state index in [0.717, 1.165) is 18.9 Å². The largest absolute Gasteiger partial charge is 0.352 e. The Kier molecular flexibility index (Phi) is 4.82. The molecule has 1 N–H and O–H groups in total. The summed E-state index contributed by atoms with van der Waals surface area (Å²) in [7, 11) is 0.